The first-order chi connectivity index (χ1) is 14.9. The Labute approximate surface area is 177 Å². The highest BCUT2D eigenvalue weighted by atomic mass is 32.2. The third kappa shape index (κ3) is 2.14. The van der Waals surface area contributed by atoms with Crippen molar-refractivity contribution in [3.63, 3.8) is 0 Å². The van der Waals surface area contributed by atoms with Crippen molar-refractivity contribution in [3.8, 4) is 11.4 Å². The fourth-order valence-electron chi connectivity index (χ4n) is 4.70. The van der Waals surface area contributed by atoms with Gasteiger partial charge in [-0.2, -0.15) is 0 Å². The van der Waals surface area contributed by atoms with E-state index in [4.69, 9.17) is 4.98 Å². The van der Waals surface area contributed by atoms with Crippen LogP contribution >= 0.6 is 11.8 Å². The summed E-state index contributed by atoms with van der Waals surface area (Å²) in [4.78, 5) is 4.86. The van der Waals surface area contributed by atoms with Crippen LogP contribution in [0.3, 0.4) is 0 Å². The van der Waals surface area contributed by atoms with Crippen LogP contribution in [0, 0.1) is 0 Å². The van der Waals surface area contributed by atoms with Gasteiger partial charge >= 0.3 is 0 Å². The van der Waals surface area contributed by atoms with Gasteiger partial charge in [0, 0.05) is 22.2 Å². The molecule has 0 aliphatic carbocycles. The molecule has 6 aromatic rings. The zero-order valence-electron chi connectivity index (χ0n) is 16.1. The van der Waals surface area contributed by atoms with Crippen molar-refractivity contribution >= 4 is 44.6 Å². The van der Waals surface area contributed by atoms with Crippen molar-refractivity contribution < 1.29 is 0 Å². The van der Waals surface area contributed by atoms with Gasteiger partial charge < -0.3 is 4.57 Å². The quantitative estimate of drug-likeness (QED) is 0.304. The number of rotatable bonds is 1. The van der Waals surface area contributed by atoms with E-state index < -0.39 is 0 Å². The van der Waals surface area contributed by atoms with Crippen molar-refractivity contribution in [2.75, 3.05) is 0 Å². The summed E-state index contributed by atoms with van der Waals surface area (Å²) in [6.07, 6.45) is 0. The molecule has 7 rings (SSSR count). The largest absolute Gasteiger partial charge is 0.309 e. The summed E-state index contributed by atoms with van der Waals surface area (Å²) >= 11 is 1.81. The lowest BCUT2D eigenvalue weighted by atomic mass is 10.1. The molecular weight excluding hydrogens is 386 g/mol. The number of benzene rings is 4. The van der Waals surface area contributed by atoms with Crippen LogP contribution in [0.1, 0.15) is 5.56 Å². The molecule has 0 radical (unpaired) electrons. The molecule has 1 aliphatic rings. The second kappa shape index (κ2) is 6.00. The van der Waals surface area contributed by atoms with Gasteiger partial charge in [-0.25, -0.2) is 4.98 Å². The van der Waals surface area contributed by atoms with Crippen molar-refractivity contribution in [2.45, 2.75) is 10.9 Å². The Kier molecular flexibility index (Phi) is 3.26. The molecule has 0 saturated carbocycles. The second-order valence-corrected chi connectivity index (χ2v) is 8.63. The minimum absolute atomic E-state index is 0.951. The monoisotopic (exact) mass is 403 g/mol. The van der Waals surface area contributed by atoms with E-state index in [1.54, 1.807) is 0 Å². The lowest BCUT2D eigenvalue weighted by Crippen LogP contribution is -2.07. The predicted octanol–water partition coefficient (Wildman–Crippen LogP) is 6.73. The van der Waals surface area contributed by atoms with Gasteiger partial charge in [-0.15, -0.1) is 0 Å². The van der Waals surface area contributed by atoms with E-state index in [1.807, 2.05) is 11.8 Å². The van der Waals surface area contributed by atoms with Crippen molar-refractivity contribution in [2.24, 2.45) is 0 Å². The van der Waals surface area contributed by atoms with Gasteiger partial charge in [-0.05, 0) is 42.0 Å². The molecule has 0 saturated heterocycles. The molecule has 2 aromatic heterocycles. The fourth-order valence-corrected chi connectivity index (χ4v) is 5.72. The van der Waals surface area contributed by atoms with Crippen LogP contribution in [0.2, 0.25) is 0 Å². The first kappa shape index (κ1) is 16.3. The van der Waals surface area contributed by atoms with Crippen LogP contribution in [0.4, 0.5) is 0 Å². The van der Waals surface area contributed by atoms with Gasteiger partial charge in [0.2, 0.25) is 0 Å². The lowest BCUT2D eigenvalue weighted by molar-refractivity contribution is 0.892. The number of hydrogen-bond donors (Lipinski definition) is 0. The molecule has 0 fully saturated rings. The van der Waals surface area contributed by atoms with Gasteiger partial charge in [0.1, 0.15) is 0 Å². The van der Waals surface area contributed by atoms with Crippen LogP contribution in [0.15, 0.2) is 96.2 Å². The van der Waals surface area contributed by atoms with E-state index >= 15 is 0 Å². The van der Waals surface area contributed by atoms with Crippen LogP contribution in [0.25, 0.3) is 44.2 Å². The number of thioether (sulfide) groups is 1. The number of fused-ring (bicyclic) bond motifs is 8. The van der Waals surface area contributed by atoms with Crippen LogP contribution in [-0.4, -0.2) is 14.1 Å². The number of nitrogens with zero attached hydrogens (tertiary/aromatic N) is 3. The summed E-state index contributed by atoms with van der Waals surface area (Å²) < 4.78 is 4.70. The van der Waals surface area contributed by atoms with Crippen molar-refractivity contribution in [1.29, 1.82) is 0 Å². The Hall–Kier alpha value is -3.50. The Morgan fingerprint density at radius 2 is 1.33 bits per heavy atom. The van der Waals surface area contributed by atoms with E-state index in [1.165, 1.54) is 44.3 Å². The highest BCUT2D eigenvalue weighted by Crippen LogP contribution is 2.39. The van der Waals surface area contributed by atoms with Gasteiger partial charge in [0.25, 0.3) is 0 Å². The number of imidazole rings is 1. The molecule has 3 nitrogen and oxygen atoms in total. The van der Waals surface area contributed by atoms with Gasteiger partial charge in [-0.3, -0.25) is 4.57 Å². The molecule has 0 unspecified atom stereocenters. The summed E-state index contributed by atoms with van der Waals surface area (Å²) in [6.45, 7) is 0. The zero-order chi connectivity index (χ0) is 19.7. The SMILES string of the molecule is c1ccc2c(c1)nc1n2-c2cc(-n3c4ccccc4c4ccccc43)ccc2CS1. The van der Waals surface area contributed by atoms with Gasteiger partial charge in [-0.1, -0.05) is 66.4 Å². The number of para-hydroxylation sites is 4. The van der Waals surface area contributed by atoms with E-state index in [9.17, 15) is 0 Å². The fraction of sp³-hybridized carbons (Fsp3) is 0.0385. The molecule has 142 valence electrons. The summed E-state index contributed by atoms with van der Waals surface area (Å²) in [5.74, 6) is 0.951. The van der Waals surface area contributed by atoms with E-state index in [2.05, 4.69) is 100 Å². The van der Waals surface area contributed by atoms with Crippen LogP contribution < -0.4 is 0 Å². The van der Waals surface area contributed by atoms with Crippen LogP contribution in [0.5, 0.6) is 0 Å². The average Bonchev–Trinajstić information content (AvgIpc) is 3.35. The van der Waals surface area contributed by atoms with Gasteiger partial charge in [0.05, 0.1) is 27.8 Å². The molecule has 4 heteroatoms. The average molecular weight is 404 g/mol. The Balaban J connectivity index is 1.55. The molecule has 3 heterocycles. The van der Waals surface area contributed by atoms with Crippen LogP contribution in [-0.2, 0) is 5.75 Å². The summed E-state index contributed by atoms with van der Waals surface area (Å²) in [5, 5.41) is 3.65. The maximum Gasteiger partial charge on any atom is 0.174 e. The molecule has 4 aromatic carbocycles. The maximum atomic E-state index is 4.86. The molecular formula is C26H17N3S. The van der Waals surface area contributed by atoms with Crippen molar-refractivity contribution in [1.82, 2.24) is 14.1 Å². The highest BCUT2D eigenvalue weighted by molar-refractivity contribution is 7.98. The predicted molar refractivity (Wildman–Crippen MR) is 125 cm³/mol. The number of aromatic nitrogens is 3. The van der Waals surface area contributed by atoms with E-state index in [0.29, 0.717) is 0 Å². The minimum Gasteiger partial charge on any atom is -0.309 e. The first-order valence-electron chi connectivity index (χ1n) is 10.1. The molecule has 0 amide bonds. The third-order valence-electron chi connectivity index (χ3n) is 6.03. The zero-order valence-corrected chi connectivity index (χ0v) is 16.9. The van der Waals surface area contributed by atoms with Gasteiger partial charge in [0.15, 0.2) is 5.16 Å². The molecule has 0 atom stereocenters. The Morgan fingerprint density at radius 1 is 0.667 bits per heavy atom. The summed E-state index contributed by atoms with van der Waals surface area (Å²) in [6, 6.07) is 32.6. The molecule has 0 spiro atoms. The smallest absolute Gasteiger partial charge is 0.174 e. The molecule has 0 N–H and O–H groups in total. The standard InChI is InChI=1S/C26H17N3S/c1-4-10-22-19(7-1)20-8-2-5-11-23(20)28(22)18-14-13-17-16-30-26-27-21-9-3-6-12-24(21)29(26)25(17)15-18/h1-15H,16H2. The normalized spacial score (nSPS) is 13.1. The molecule has 1 aliphatic heterocycles. The third-order valence-corrected chi connectivity index (χ3v) is 7.02. The molecule has 30 heavy (non-hydrogen) atoms. The highest BCUT2D eigenvalue weighted by Gasteiger charge is 2.22. The molecule has 0 bridgehead atoms. The lowest BCUT2D eigenvalue weighted by Gasteiger charge is -2.20. The first-order valence-corrected chi connectivity index (χ1v) is 11.1. The second-order valence-electron chi connectivity index (χ2n) is 7.69. The van der Waals surface area contributed by atoms with E-state index in [-0.39, 0.29) is 0 Å². The van der Waals surface area contributed by atoms with E-state index in [0.717, 1.165) is 16.4 Å². The summed E-state index contributed by atoms with van der Waals surface area (Å²) in [5.41, 5.74) is 8.45. The number of hydrogen-bond acceptors (Lipinski definition) is 2. The minimum atomic E-state index is 0.951. The summed E-state index contributed by atoms with van der Waals surface area (Å²) in [7, 11) is 0. The topological polar surface area (TPSA) is 22.8 Å². The Bertz CT molecular complexity index is 1550. The Morgan fingerprint density at radius 3 is 2.10 bits per heavy atom. The maximum absolute atomic E-state index is 4.86. The van der Waals surface area contributed by atoms with Crippen molar-refractivity contribution in [3.05, 3.63) is 96.6 Å².